The second-order valence-electron chi connectivity index (χ2n) is 5.83. The number of allylic oxidation sites excluding steroid dienone is 1. The first-order chi connectivity index (χ1) is 13.3. The maximum Gasteiger partial charge on any atom is 0.454 e. The molecule has 2 aromatic rings. The third kappa shape index (κ3) is 6.46. The third-order valence-corrected chi connectivity index (χ3v) is 3.75. The molecule has 0 heterocycles. The van der Waals surface area contributed by atoms with Gasteiger partial charge in [0.05, 0.1) is 7.11 Å². The Morgan fingerprint density at radius 1 is 1.11 bits per heavy atom. The van der Waals surface area contributed by atoms with E-state index in [1.807, 2.05) is 6.07 Å². The van der Waals surface area contributed by atoms with Crippen molar-refractivity contribution in [1.82, 2.24) is 5.32 Å². The van der Waals surface area contributed by atoms with Crippen molar-refractivity contribution < 1.29 is 27.5 Å². The summed E-state index contributed by atoms with van der Waals surface area (Å²) in [5.41, 5.74) is 1.27. The van der Waals surface area contributed by atoms with Crippen LogP contribution in [-0.2, 0) is 16.0 Å². The highest BCUT2D eigenvalue weighted by molar-refractivity contribution is 5.96. The van der Waals surface area contributed by atoms with Crippen molar-refractivity contribution in [3.63, 3.8) is 0 Å². The first-order valence-corrected chi connectivity index (χ1v) is 8.32. The van der Waals surface area contributed by atoms with Crippen molar-refractivity contribution in [2.45, 2.75) is 18.6 Å². The molecule has 0 fully saturated rings. The zero-order chi connectivity index (χ0) is 20.6. The molecule has 0 aliphatic rings. The molecule has 0 spiro atoms. The predicted octanol–water partition coefficient (Wildman–Crippen LogP) is 3.48. The number of methoxy groups -OCH3 is 1. The van der Waals surface area contributed by atoms with Gasteiger partial charge in [0.1, 0.15) is 11.8 Å². The molecule has 1 unspecified atom stereocenters. The lowest BCUT2D eigenvalue weighted by molar-refractivity contribution is -0.165. The normalized spacial score (nSPS) is 12.4. The highest BCUT2D eigenvalue weighted by atomic mass is 19.4. The zero-order valence-electron chi connectivity index (χ0n) is 15.0. The molecule has 5 nitrogen and oxygen atoms in total. The van der Waals surface area contributed by atoms with E-state index in [1.54, 1.807) is 48.5 Å². The summed E-state index contributed by atoms with van der Waals surface area (Å²) in [6.07, 6.45) is -3.55. The smallest absolute Gasteiger partial charge is 0.454 e. The minimum atomic E-state index is -4.96. The molecule has 0 radical (unpaired) electrons. The van der Waals surface area contributed by atoms with Crippen molar-refractivity contribution in [2.24, 2.45) is 0 Å². The lowest BCUT2D eigenvalue weighted by Gasteiger charge is -2.18. The standard InChI is InChI=1S/C20H19F3N2O3/c1-28-16-9-5-8-15(13-16)25-19(27)17(12-14-6-3-2-4-7-14)24-11-10-18(26)20(21,22)23/h2-11,13,17,24H,12H2,1H3,(H,25,27)/b11-10+. The van der Waals surface area contributed by atoms with E-state index in [0.717, 1.165) is 11.8 Å². The van der Waals surface area contributed by atoms with Crippen LogP contribution < -0.4 is 15.4 Å². The molecule has 0 saturated heterocycles. The van der Waals surface area contributed by atoms with Gasteiger partial charge < -0.3 is 15.4 Å². The van der Waals surface area contributed by atoms with Crippen molar-refractivity contribution in [2.75, 3.05) is 12.4 Å². The number of anilines is 1. The summed E-state index contributed by atoms with van der Waals surface area (Å²) in [6, 6.07) is 14.7. The van der Waals surface area contributed by atoms with Crippen molar-refractivity contribution >= 4 is 17.4 Å². The fourth-order valence-corrected chi connectivity index (χ4v) is 2.34. The Hall–Kier alpha value is -3.29. The second-order valence-corrected chi connectivity index (χ2v) is 5.83. The number of amides is 1. The van der Waals surface area contributed by atoms with Gasteiger partial charge in [-0.05, 0) is 17.7 Å². The largest absolute Gasteiger partial charge is 0.497 e. The van der Waals surface area contributed by atoms with Crippen molar-refractivity contribution in [3.8, 4) is 5.75 Å². The third-order valence-electron chi connectivity index (χ3n) is 3.75. The Bertz CT molecular complexity index is 836. The van der Waals surface area contributed by atoms with E-state index in [0.29, 0.717) is 17.5 Å². The molecule has 28 heavy (non-hydrogen) atoms. The van der Waals surface area contributed by atoms with Gasteiger partial charge in [-0.25, -0.2) is 0 Å². The summed E-state index contributed by atoms with van der Waals surface area (Å²) in [4.78, 5) is 23.6. The monoisotopic (exact) mass is 392 g/mol. The van der Waals surface area contributed by atoms with Crippen molar-refractivity contribution in [3.05, 3.63) is 72.4 Å². The van der Waals surface area contributed by atoms with Gasteiger partial charge in [-0.15, -0.1) is 0 Å². The highest BCUT2D eigenvalue weighted by Crippen LogP contribution is 2.18. The lowest BCUT2D eigenvalue weighted by atomic mass is 10.1. The van der Waals surface area contributed by atoms with Crippen LogP contribution in [0.25, 0.3) is 0 Å². The molecule has 1 amide bonds. The van der Waals surface area contributed by atoms with E-state index in [2.05, 4.69) is 10.6 Å². The average molecular weight is 392 g/mol. The summed E-state index contributed by atoms with van der Waals surface area (Å²) in [7, 11) is 1.49. The fourth-order valence-electron chi connectivity index (χ4n) is 2.34. The van der Waals surface area contributed by atoms with Gasteiger partial charge in [-0.3, -0.25) is 9.59 Å². The number of hydrogen-bond donors (Lipinski definition) is 2. The van der Waals surface area contributed by atoms with Gasteiger partial charge >= 0.3 is 6.18 Å². The Morgan fingerprint density at radius 3 is 2.46 bits per heavy atom. The van der Waals surface area contributed by atoms with E-state index in [-0.39, 0.29) is 6.42 Å². The van der Waals surface area contributed by atoms with E-state index in [1.165, 1.54) is 7.11 Å². The average Bonchev–Trinajstić information content (AvgIpc) is 2.67. The molecule has 2 rings (SSSR count). The number of alkyl halides is 3. The maximum absolute atomic E-state index is 12.6. The number of carbonyl (C=O) groups is 2. The predicted molar refractivity (Wildman–Crippen MR) is 98.9 cm³/mol. The first kappa shape index (κ1) is 21.0. The van der Waals surface area contributed by atoms with Gasteiger partial charge in [-0.1, -0.05) is 36.4 Å². The van der Waals surface area contributed by atoms with E-state index in [9.17, 15) is 22.8 Å². The van der Waals surface area contributed by atoms with Gasteiger partial charge in [0.25, 0.3) is 5.78 Å². The Morgan fingerprint density at radius 2 is 1.82 bits per heavy atom. The molecule has 8 heteroatoms. The second kappa shape index (κ2) is 9.59. The van der Waals surface area contributed by atoms with E-state index < -0.39 is 23.9 Å². The molecule has 0 aromatic heterocycles. The molecule has 0 aliphatic heterocycles. The van der Waals surface area contributed by atoms with E-state index in [4.69, 9.17) is 4.74 Å². The fraction of sp³-hybridized carbons (Fsp3) is 0.200. The molecule has 1 atom stereocenters. The quantitative estimate of drug-likeness (QED) is 0.675. The van der Waals surface area contributed by atoms with Crippen LogP contribution in [0.15, 0.2) is 66.9 Å². The summed E-state index contributed by atoms with van der Waals surface area (Å²) in [5.74, 6) is -1.94. The first-order valence-electron chi connectivity index (χ1n) is 8.32. The molecule has 0 aliphatic carbocycles. The topological polar surface area (TPSA) is 67.4 Å². The molecule has 0 saturated carbocycles. The van der Waals surface area contributed by atoms with Crippen LogP contribution in [0.2, 0.25) is 0 Å². The van der Waals surface area contributed by atoms with Crippen LogP contribution in [0.5, 0.6) is 5.75 Å². The van der Waals surface area contributed by atoms with Gasteiger partial charge in [-0.2, -0.15) is 13.2 Å². The number of rotatable bonds is 8. The number of halogens is 3. The maximum atomic E-state index is 12.6. The van der Waals surface area contributed by atoms with Crippen LogP contribution in [0.1, 0.15) is 5.56 Å². The molecule has 0 bridgehead atoms. The lowest BCUT2D eigenvalue weighted by Crippen LogP contribution is -2.39. The molecular formula is C20H19F3N2O3. The Labute approximate surface area is 160 Å². The number of benzene rings is 2. The Kier molecular flexibility index (Phi) is 7.20. The highest BCUT2D eigenvalue weighted by Gasteiger charge is 2.36. The molecule has 2 N–H and O–H groups in total. The van der Waals surface area contributed by atoms with Crippen LogP contribution in [0.3, 0.4) is 0 Å². The van der Waals surface area contributed by atoms with Crippen LogP contribution in [0.4, 0.5) is 18.9 Å². The summed E-state index contributed by atoms with van der Waals surface area (Å²) in [6.45, 7) is 0. The van der Waals surface area contributed by atoms with Crippen LogP contribution in [0, 0.1) is 0 Å². The molecular weight excluding hydrogens is 373 g/mol. The Balaban J connectivity index is 2.13. The minimum absolute atomic E-state index is 0.210. The summed E-state index contributed by atoms with van der Waals surface area (Å²) in [5, 5.41) is 5.26. The van der Waals surface area contributed by atoms with Gasteiger partial charge in [0.15, 0.2) is 0 Å². The summed E-state index contributed by atoms with van der Waals surface area (Å²) < 4.78 is 42.0. The zero-order valence-corrected chi connectivity index (χ0v) is 15.0. The number of nitrogens with one attached hydrogen (secondary N) is 2. The number of carbonyl (C=O) groups excluding carboxylic acids is 2. The van der Waals surface area contributed by atoms with E-state index >= 15 is 0 Å². The van der Waals surface area contributed by atoms with Gasteiger partial charge in [0, 0.05) is 30.5 Å². The van der Waals surface area contributed by atoms with Crippen molar-refractivity contribution in [1.29, 1.82) is 0 Å². The molecule has 148 valence electrons. The SMILES string of the molecule is COc1cccc(NC(=O)C(Cc2ccccc2)N/C=C/C(=O)C(F)(F)F)c1. The number of ether oxygens (including phenoxy) is 1. The summed E-state index contributed by atoms with van der Waals surface area (Å²) >= 11 is 0. The number of ketones is 1. The van der Waals surface area contributed by atoms with Gasteiger partial charge in [0.2, 0.25) is 5.91 Å². The van der Waals surface area contributed by atoms with Crippen LogP contribution >= 0.6 is 0 Å². The minimum Gasteiger partial charge on any atom is -0.497 e. The van der Waals surface area contributed by atoms with Crippen LogP contribution in [-0.4, -0.2) is 31.0 Å². The molecule has 2 aromatic carbocycles. The number of hydrogen-bond acceptors (Lipinski definition) is 4.